The van der Waals surface area contributed by atoms with Crippen molar-refractivity contribution in [2.24, 2.45) is 16.8 Å². The van der Waals surface area contributed by atoms with Gasteiger partial charge in [-0.2, -0.15) is 0 Å². The second-order valence-corrected chi connectivity index (χ2v) is 12.4. The van der Waals surface area contributed by atoms with Gasteiger partial charge in [-0.05, 0) is 84.7 Å². The number of nitrogens with zero attached hydrogens (tertiary/aromatic N) is 6. The zero-order valence-electron chi connectivity index (χ0n) is 25.8. The number of rotatable bonds is 6. The first-order chi connectivity index (χ1) is 22.8. The minimum Gasteiger partial charge on any atom is -0.341 e. The van der Waals surface area contributed by atoms with E-state index in [0.717, 1.165) is 25.7 Å². The smallest absolute Gasteiger partial charge is 0.321 e. The second-order valence-electron chi connectivity index (χ2n) is 12.4. The van der Waals surface area contributed by atoms with Crippen LogP contribution in [0.4, 0.5) is 20.6 Å². The Hall–Kier alpha value is -5.46. The van der Waals surface area contributed by atoms with Crippen molar-refractivity contribution in [1.82, 2.24) is 30.8 Å². The Morgan fingerprint density at radius 3 is 2.40 bits per heavy atom. The minimum absolute atomic E-state index is 0.164. The highest BCUT2D eigenvalue weighted by Gasteiger charge is 2.38. The van der Waals surface area contributed by atoms with E-state index in [0.29, 0.717) is 58.8 Å². The Morgan fingerprint density at radius 2 is 1.68 bits per heavy atom. The summed E-state index contributed by atoms with van der Waals surface area (Å²) in [5, 5.41) is 19.2. The van der Waals surface area contributed by atoms with E-state index in [1.165, 1.54) is 11.0 Å². The van der Waals surface area contributed by atoms with Gasteiger partial charge >= 0.3 is 6.03 Å². The number of benzene rings is 3. The molecule has 0 radical (unpaired) electrons. The summed E-state index contributed by atoms with van der Waals surface area (Å²) in [5.41, 5.74) is 3.09. The van der Waals surface area contributed by atoms with Crippen molar-refractivity contribution in [2.45, 2.75) is 38.8 Å². The van der Waals surface area contributed by atoms with E-state index in [1.807, 2.05) is 17.9 Å². The van der Waals surface area contributed by atoms with Crippen LogP contribution in [0.3, 0.4) is 0 Å². The summed E-state index contributed by atoms with van der Waals surface area (Å²) in [7, 11) is 0. The van der Waals surface area contributed by atoms with Crippen LogP contribution in [-0.2, 0) is 9.59 Å². The molecule has 1 aromatic heterocycles. The molecule has 4 aliphatic rings. The Balaban J connectivity index is 1.23. The van der Waals surface area contributed by atoms with Gasteiger partial charge in [-0.25, -0.2) is 19.3 Å². The molecule has 4 heterocycles. The highest BCUT2D eigenvalue weighted by atomic mass is 19.1. The molecule has 3 aromatic carbocycles. The molecule has 1 saturated carbocycles. The average molecular weight is 636 g/mol. The highest BCUT2D eigenvalue weighted by molar-refractivity contribution is 6.21. The number of carbonyl (C=O) groups excluding carboxylic acids is 3. The van der Waals surface area contributed by atoms with Crippen LogP contribution in [0.2, 0.25) is 0 Å². The molecule has 8 rings (SSSR count). The lowest BCUT2D eigenvalue weighted by Gasteiger charge is -2.30. The zero-order valence-corrected chi connectivity index (χ0v) is 25.8. The van der Waals surface area contributed by atoms with Crippen LogP contribution in [0.5, 0.6) is 0 Å². The number of amides is 4. The number of hydrogen-bond donors (Lipinski definition) is 3. The monoisotopic (exact) mass is 635 g/mol. The van der Waals surface area contributed by atoms with E-state index in [9.17, 15) is 14.4 Å². The molecule has 2 saturated heterocycles. The van der Waals surface area contributed by atoms with E-state index in [4.69, 9.17) is 0 Å². The first kappa shape index (κ1) is 30.2. The van der Waals surface area contributed by atoms with Gasteiger partial charge in [0.1, 0.15) is 12.4 Å². The van der Waals surface area contributed by atoms with E-state index >= 15 is 4.39 Å². The minimum atomic E-state index is -1.47. The van der Waals surface area contributed by atoms with Gasteiger partial charge in [0, 0.05) is 35.5 Å². The lowest BCUT2D eigenvalue weighted by Crippen LogP contribution is -2.52. The number of aromatic amines is 1. The molecule has 1 aliphatic carbocycles. The molecule has 47 heavy (non-hydrogen) atoms. The van der Waals surface area contributed by atoms with Gasteiger partial charge in [0.05, 0.1) is 11.4 Å². The van der Waals surface area contributed by atoms with Crippen LogP contribution >= 0.6 is 0 Å². The topological polar surface area (TPSA) is 149 Å². The number of aryl methyl sites for hydroxylation is 1. The fraction of sp³-hybridized carbons (Fsp3) is 0.324. The van der Waals surface area contributed by atoms with Gasteiger partial charge in [0.25, 0.3) is 5.91 Å². The molecule has 240 valence electrons. The number of aliphatic imine (C=N–C) groups is 1. The van der Waals surface area contributed by atoms with Crippen molar-refractivity contribution < 1.29 is 18.8 Å². The summed E-state index contributed by atoms with van der Waals surface area (Å²) in [6.07, 6.45) is 2.97. The van der Waals surface area contributed by atoms with Crippen LogP contribution < -0.4 is 15.5 Å². The maximum Gasteiger partial charge on any atom is 0.321 e. The summed E-state index contributed by atoms with van der Waals surface area (Å²) in [6.45, 7) is 2.94. The highest BCUT2D eigenvalue weighted by Crippen LogP contribution is 2.35. The lowest BCUT2D eigenvalue weighted by molar-refractivity contribution is -0.132. The number of halogens is 1. The van der Waals surface area contributed by atoms with Gasteiger partial charge < -0.3 is 15.5 Å². The number of H-pyrrole nitrogens is 1. The molecule has 0 spiro atoms. The molecule has 4 aromatic rings. The molecule has 2 bridgehead atoms. The molecule has 3 N–H and O–H groups in total. The van der Waals surface area contributed by atoms with Crippen molar-refractivity contribution >= 4 is 34.9 Å². The maximum atomic E-state index is 15.3. The summed E-state index contributed by atoms with van der Waals surface area (Å²) >= 11 is 0. The summed E-state index contributed by atoms with van der Waals surface area (Å²) in [6, 6.07) is 17.7. The number of para-hydroxylation sites is 1. The molecule has 4 amide bonds. The van der Waals surface area contributed by atoms with Crippen LogP contribution in [0.25, 0.3) is 11.4 Å². The first-order valence-electron chi connectivity index (χ1n) is 15.8. The number of nitrogens with one attached hydrogen (secondary N) is 3. The van der Waals surface area contributed by atoms with Crippen molar-refractivity contribution in [3.8, 4) is 11.4 Å². The Morgan fingerprint density at radius 1 is 0.957 bits per heavy atom. The van der Waals surface area contributed by atoms with E-state index in [-0.39, 0.29) is 23.7 Å². The number of anilines is 2. The molecule has 1 unspecified atom stereocenters. The zero-order chi connectivity index (χ0) is 32.5. The largest absolute Gasteiger partial charge is 0.341 e. The molecule has 13 heteroatoms. The Labute approximate surface area is 270 Å². The van der Waals surface area contributed by atoms with Gasteiger partial charge in [-0.15, -0.1) is 5.10 Å². The van der Waals surface area contributed by atoms with Crippen LogP contribution in [0.15, 0.2) is 71.7 Å². The van der Waals surface area contributed by atoms with Gasteiger partial charge in [-0.3, -0.25) is 14.5 Å². The van der Waals surface area contributed by atoms with Crippen LogP contribution in [-0.4, -0.2) is 74.9 Å². The molecule has 3 fully saturated rings. The Kier molecular flexibility index (Phi) is 8.19. The van der Waals surface area contributed by atoms with Crippen molar-refractivity contribution in [3.63, 3.8) is 0 Å². The first-order valence-corrected chi connectivity index (χ1v) is 15.8. The van der Waals surface area contributed by atoms with Gasteiger partial charge in [-0.1, -0.05) is 42.5 Å². The van der Waals surface area contributed by atoms with Crippen molar-refractivity contribution in [3.05, 3.63) is 89.2 Å². The summed E-state index contributed by atoms with van der Waals surface area (Å²) in [4.78, 5) is 49.8. The third-order valence-corrected chi connectivity index (χ3v) is 9.23. The quantitative estimate of drug-likeness (QED) is 0.288. The molecule has 1 atom stereocenters. The van der Waals surface area contributed by atoms with Crippen LogP contribution in [0.1, 0.15) is 42.4 Å². The standard InChI is InChI=1S/C34H34FN9O3/c1-20-6-4-10-26-29(25-9-2-3-11-27(25)35)37-32(38-34(47)36-24-8-5-7-23(16-24)31-39-41-42-40-31)33(46)44(30(20)26)19-28(45)43-17-21-12-13-22(18-43)15-14-21/h2-11,16,21-22,32H,12-15,17-19H2,1H3,(H2,36,38,47)(H,39,40,41,42). The maximum absolute atomic E-state index is 15.3. The molecule has 3 aliphatic heterocycles. The molecule has 12 nitrogen and oxygen atoms in total. The predicted molar refractivity (Wildman–Crippen MR) is 173 cm³/mol. The van der Waals surface area contributed by atoms with Crippen LogP contribution in [0, 0.1) is 24.6 Å². The van der Waals surface area contributed by atoms with Crippen molar-refractivity contribution in [1.29, 1.82) is 0 Å². The van der Waals surface area contributed by atoms with Gasteiger partial charge in [0.15, 0.2) is 5.82 Å². The fourth-order valence-electron chi connectivity index (χ4n) is 6.89. The number of fused-ring (bicyclic) bond motifs is 5. The number of urea groups is 1. The van der Waals surface area contributed by atoms with E-state index < -0.39 is 23.9 Å². The summed E-state index contributed by atoms with van der Waals surface area (Å²) in [5.74, 6) is 0.0341. The normalized spacial score (nSPS) is 20.6. The number of hydrogen-bond acceptors (Lipinski definition) is 7. The number of benzodiazepines with no additional fused rings is 1. The molecular weight excluding hydrogens is 601 g/mol. The fourth-order valence-corrected chi connectivity index (χ4v) is 6.89. The SMILES string of the molecule is Cc1cccc2c1N(CC(=O)N1CC3CCC(CC3)C1)C(=O)C(NC(=O)Nc1cccc(-c3nnn[nH]3)c1)N=C2c1ccccc1F. The molecular formula is C34H34FN9O3. The number of tetrazole rings is 1. The number of aromatic nitrogens is 4. The summed E-state index contributed by atoms with van der Waals surface area (Å²) < 4.78 is 15.3. The third-order valence-electron chi connectivity index (χ3n) is 9.23. The predicted octanol–water partition coefficient (Wildman–Crippen LogP) is 4.29. The van der Waals surface area contributed by atoms with E-state index in [1.54, 1.807) is 54.6 Å². The van der Waals surface area contributed by atoms with Gasteiger partial charge in [0.2, 0.25) is 12.1 Å². The third kappa shape index (κ3) is 6.20. The Bertz CT molecular complexity index is 1840. The lowest BCUT2D eigenvalue weighted by atomic mass is 9.84. The van der Waals surface area contributed by atoms with Crippen molar-refractivity contribution in [2.75, 3.05) is 29.9 Å². The average Bonchev–Trinajstić information content (AvgIpc) is 3.39. The van der Waals surface area contributed by atoms with E-state index in [2.05, 4.69) is 36.3 Å². The second kappa shape index (κ2) is 12.7. The number of carbonyl (C=O) groups is 3.